The summed E-state index contributed by atoms with van der Waals surface area (Å²) >= 11 is 0. The number of hydrogen-bond donors (Lipinski definition) is 0. The lowest BCUT2D eigenvalue weighted by molar-refractivity contribution is 0.639. The maximum Gasteiger partial charge on any atom is 0.108 e. The minimum absolute atomic E-state index is 0.710. The van der Waals surface area contributed by atoms with Crippen LogP contribution in [0.3, 0.4) is 0 Å². The van der Waals surface area contributed by atoms with Gasteiger partial charge in [-0.25, -0.2) is 0 Å². The first-order chi connectivity index (χ1) is 8.69. The lowest BCUT2D eigenvalue weighted by atomic mass is 10.1. The fourth-order valence-electron chi connectivity index (χ4n) is 3.25. The summed E-state index contributed by atoms with van der Waals surface area (Å²) in [5.74, 6) is 0. The smallest absolute Gasteiger partial charge is 0.108 e. The van der Waals surface area contributed by atoms with Crippen molar-refractivity contribution in [2.24, 2.45) is 4.99 Å². The minimum Gasteiger partial charge on any atom is -0.299 e. The van der Waals surface area contributed by atoms with E-state index in [9.17, 15) is 0 Å². The van der Waals surface area contributed by atoms with Crippen LogP contribution in [0.15, 0.2) is 17.6 Å². The molecule has 0 fully saturated rings. The molecular formula is C16H31NSi. The van der Waals surface area contributed by atoms with Gasteiger partial charge in [0.25, 0.3) is 0 Å². The van der Waals surface area contributed by atoms with E-state index in [1.807, 2.05) is 0 Å². The van der Waals surface area contributed by atoms with Gasteiger partial charge in [0, 0.05) is 6.54 Å². The molecule has 2 atom stereocenters. The van der Waals surface area contributed by atoms with Crippen molar-refractivity contribution < 1.29 is 0 Å². The Labute approximate surface area is 115 Å². The van der Waals surface area contributed by atoms with Crippen molar-refractivity contribution in [1.29, 1.82) is 0 Å². The molecule has 0 saturated heterocycles. The fourth-order valence-corrected chi connectivity index (χ4v) is 7.25. The van der Waals surface area contributed by atoms with E-state index in [2.05, 4.69) is 33.0 Å². The highest BCUT2D eigenvalue weighted by Gasteiger charge is 2.36. The molecule has 2 unspecified atom stereocenters. The number of hydrogen-bond acceptors (Lipinski definition) is 1. The molecule has 1 aliphatic rings. The van der Waals surface area contributed by atoms with Crippen molar-refractivity contribution in [2.75, 3.05) is 6.54 Å². The van der Waals surface area contributed by atoms with Crippen molar-refractivity contribution in [3.05, 3.63) is 12.7 Å². The van der Waals surface area contributed by atoms with Crippen molar-refractivity contribution >= 4 is 13.4 Å². The zero-order chi connectivity index (χ0) is 13.4. The third kappa shape index (κ3) is 3.81. The van der Waals surface area contributed by atoms with Crippen LogP contribution in [0.2, 0.25) is 18.1 Å². The van der Waals surface area contributed by atoms with Crippen LogP contribution in [0, 0.1) is 0 Å². The Bertz CT molecular complexity index is 285. The molecule has 0 radical (unpaired) electrons. The zero-order valence-corrected chi connectivity index (χ0v) is 13.7. The molecule has 0 aromatic carbocycles. The molecular weight excluding hydrogens is 234 g/mol. The Morgan fingerprint density at radius 2 is 1.89 bits per heavy atom. The molecule has 1 heterocycles. The number of aliphatic imine (C=N–C) groups is 1. The summed E-state index contributed by atoms with van der Waals surface area (Å²) in [6.07, 6.45) is 11.5. The van der Waals surface area contributed by atoms with Crippen molar-refractivity contribution in [3.63, 3.8) is 0 Å². The number of nitrogens with zero attached hydrogens (tertiary/aromatic N) is 1. The summed E-state index contributed by atoms with van der Waals surface area (Å²) < 4.78 is 0. The van der Waals surface area contributed by atoms with E-state index in [4.69, 9.17) is 4.99 Å². The van der Waals surface area contributed by atoms with E-state index in [-0.39, 0.29) is 0 Å². The SMILES string of the molecule is C=CC(CC)[Si](C)(CC)C1=NCCCCCCC1. The minimum atomic E-state index is -1.40. The zero-order valence-electron chi connectivity index (χ0n) is 12.7. The molecule has 2 heteroatoms. The average Bonchev–Trinajstić information content (AvgIpc) is 2.53. The summed E-state index contributed by atoms with van der Waals surface area (Å²) in [7, 11) is -1.40. The van der Waals surface area contributed by atoms with Gasteiger partial charge >= 0.3 is 0 Å². The first-order valence-electron chi connectivity index (χ1n) is 7.85. The molecule has 0 saturated carbocycles. The summed E-state index contributed by atoms with van der Waals surface area (Å²) in [6.45, 7) is 12.4. The van der Waals surface area contributed by atoms with Gasteiger partial charge in [0.05, 0.1) is 0 Å². The molecule has 18 heavy (non-hydrogen) atoms. The van der Waals surface area contributed by atoms with Crippen LogP contribution >= 0.6 is 0 Å². The molecule has 1 rings (SSSR count). The largest absolute Gasteiger partial charge is 0.299 e. The molecule has 104 valence electrons. The molecule has 0 aliphatic carbocycles. The van der Waals surface area contributed by atoms with Crippen LogP contribution in [0.4, 0.5) is 0 Å². The van der Waals surface area contributed by atoms with E-state index in [1.165, 1.54) is 51.0 Å². The van der Waals surface area contributed by atoms with Crippen molar-refractivity contribution in [1.82, 2.24) is 0 Å². The summed E-state index contributed by atoms with van der Waals surface area (Å²) in [5, 5.41) is 1.61. The van der Waals surface area contributed by atoms with Gasteiger partial charge in [-0.1, -0.05) is 58.2 Å². The summed E-state index contributed by atoms with van der Waals surface area (Å²) in [6, 6.07) is 1.32. The number of rotatable bonds is 5. The highest BCUT2D eigenvalue weighted by molar-refractivity contribution is 7.07. The Balaban J connectivity index is 2.91. The molecule has 0 N–H and O–H groups in total. The summed E-state index contributed by atoms with van der Waals surface area (Å²) in [5.41, 5.74) is 0.710. The molecule has 0 bridgehead atoms. The van der Waals surface area contributed by atoms with Crippen LogP contribution in [0.5, 0.6) is 0 Å². The van der Waals surface area contributed by atoms with E-state index < -0.39 is 8.07 Å². The predicted molar refractivity (Wildman–Crippen MR) is 86.3 cm³/mol. The third-order valence-electron chi connectivity index (χ3n) is 4.81. The van der Waals surface area contributed by atoms with Gasteiger partial charge < -0.3 is 0 Å². The number of allylic oxidation sites excluding steroid dienone is 1. The first kappa shape index (κ1) is 15.7. The van der Waals surface area contributed by atoms with Crippen LogP contribution in [-0.2, 0) is 0 Å². The van der Waals surface area contributed by atoms with E-state index >= 15 is 0 Å². The quantitative estimate of drug-likeness (QED) is 0.467. The van der Waals surface area contributed by atoms with Gasteiger partial charge in [-0.05, 0) is 30.1 Å². The molecule has 1 nitrogen and oxygen atoms in total. The van der Waals surface area contributed by atoms with Crippen molar-refractivity contribution in [3.8, 4) is 0 Å². The maximum absolute atomic E-state index is 5.03. The molecule has 0 spiro atoms. The fraction of sp³-hybridized carbons (Fsp3) is 0.812. The average molecular weight is 266 g/mol. The highest BCUT2D eigenvalue weighted by atomic mass is 28.3. The Morgan fingerprint density at radius 1 is 1.22 bits per heavy atom. The van der Waals surface area contributed by atoms with Gasteiger partial charge in [0.1, 0.15) is 8.07 Å². The lowest BCUT2D eigenvalue weighted by Crippen LogP contribution is -2.44. The van der Waals surface area contributed by atoms with Gasteiger partial charge in [-0.15, -0.1) is 6.58 Å². The van der Waals surface area contributed by atoms with E-state index in [1.54, 1.807) is 5.33 Å². The Kier molecular flexibility index (Phi) is 6.91. The van der Waals surface area contributed by atoms with E-state index in [0.29, 0.717) is 5.54 Å². The van der Waals surface area contributed by atoms with Crippen LogP contribution in [0.25, 0.3) is 0 Å². The van der Waals surface area contributed by atoms with Crippen LogP contribution in [0.1, 0.15) is 58.8 Å². The van der Waals surface area contributed by atoms with Crippen LogP contribution < -0.4 is 0 Å². The molecule has 0 amide bonds. The van der Waals surface area contributed by atoms with Gasteiger partial charge in [0.2, 0.25) is 0 Å². The standard InChI is InChI=1S/C16H31NSi/c1-5-15(6-2)18(4,7-3)16-13-11-9-8-10-12-14-17-16/h5,15H,1,6-14H2,2-4H3. The Morgan fingerprint density at radius 3 is 2.50 bits per heavy atom. The topological polar surface area (TPSA) is 12.4 Å². The second-order valence-electron chi connectivity index (χ2n) is 5.87. The monoisotopic (exact) mass is 265 g/mol. The van der Waals surface area contributed by atoms with E-state index in [0.717, 1.165) is 6.54 Å². The van der Waals surface area contributed by atoms with Gasteiger partial charge in [-0.2, -0.15) is 0 Å². The van der Waals surface area contributed by atoms with Crippen molar-refractivity contribution in [2.45, 2.75) is 76.9 Å². The lowest BCUT2D eigenvalue weighted by Gasteiger charge is -2.34. The van der Waals surface area contributed by atoms with Gasteiger partial charge in [0.15, 0.2) is 0 Å². The Hall–Kier alpha value is -0.373. The molecule has 0 aromatic heterocycles. The molecule has 1 aliphatic heterocycles. The predicted octanol–water partition coefficient (Wildman–Crippen LogP) is 5.39. The maximum atomic E-state index is 5.03. The second kappa shape index (κ2) is 7.93. The third-order valence-corrected chi connectivity index (χ3v) is 10.3. The normalized spacial score (nSPS) is 22.9. The van der Waals surface area contributed by atoms with Gasteiger partial charge in [-0.3, -0.25) is 4.99 Å². The van der Waals surface area contributed by atoms with Crippen LogP contribution in [-0.4, -0.2) is 20.0 Å². The first-order valence-corrected chi connectivity index (χ1v) is 10.6. The second-order valence-corrected chi connectivity index (χ2v) is 10.7. The molecule has 0 aromatic rings. The highest BCUT2D eigenvalue weighted by Crippen LogP contribution is 2.33. The summed E-state index contributed by atoms with van der Waals surface area (Å²) in [4.78, 5) is 5.03.